The van der Waals surface area contributed by atoms with Crippen LogP contribution in [0.5, 0.6) is 0 Å². The van der Waals surface area contributed by atoms with Crippen molar-refractivity contribution in [1.29, 1.82) is 0 Å². The van der Waals surface area contributed by atoms with Crippen molar-refractivity contribution in [3.8, 4) is 0 Å². The highest BCUT2D eigenvalue weighted by molar-refractivity contribution is 6.45. The SMILES string of the molecule is CN1CC(CCCB2OC(C)(C)C(C)(C)O2)[C@](C)(C(=O)NC(C)(C)C)C1. The number of hydrogen-bond acceptors (Lipinski definition) is 4. The minimum atomic E-state index is -0.335. The number of nitrogens with one attached hydrogen (secondary N) is 1. The van der Waals surface area contributed by atoms with E-state index < -0.39 is 0 Å². The van der Waals surface area contributed by atoms with Crippen LogP contribution in [-0.2, 0) is 14.1 Å². The Labute approximate surface area is 160 Å². The summed E-state index contributed by atoms with van der Waals surface area (Å²) in [6.45, 7) is 18.4. The number of amides is 1. The van der Waals surface area contributed by atoms with Gasteiger partial charge in [-0.1, -0.05) is 6.42 Å². The normalized spacial score (nSPS) is 31.4. The molecule has 6 heteroatoms. The predicted octanol–water partition coefficient (Wildman–Crippen LogP) is 3.34. The van der Waals surface area contributed by atoms with Crippen molar-refractivity contribution in [2.45, 2.75) is 91.3 Å². The maximum absolute atomic E-state index is 12.9. The van der Waals surface area contributed by atoms with Gasteiger partial charge in [-0.25, -0.2) is 0 Å². The molecule has 5 nitrogen and oxygen atoms in total. The third-order valence-corrected chi connectivity index (χ3v) is 6.33. The van der Waals surface area contributed by atoms with E-state index in [4.69, 9.17) is 9.31 Å². The lowest BCUT2D eigenvalue weighted by Gasteiger charge is -2.33. The van der Waals surface area contributed by atoms with Crippen molar-refractivity contribution in [2.24, 2.45) is 11.3 Å². The van der Waals surface area contributed by atoms with Gasteiger partial charge in [-0.05, 0) is 81.1 Å². The highest BCUT2D eigenvalue weighted by atomic mass is 16.7. The van der Waals surface area contributed by atoms with Gasteiger partial charge in [0.05, 0.1) is 16.6 Å². The van der Waals surface area contributed by atoms with E-state index in [9.17, 15) is 4.79 Å². The predicted molar refractivity (Wildman–Crippen MR) is 107 cm³/mol. The minimum Gasteiger partial charge on any atom is -0.403 e. The van der Waals surface area contributed by atoms with E-state index in [2.05, 4.69) is 51.9 Å². The quantitative estimate of drug-likeness (QED) is 0.759. The van der Waals surface area contributed by atoms with Gasteiger partial charge in [0.25, 0.3) is 0 Å². The summed E-state index contributed by atoms with van der Waals surface area (Å²) < 4.78 is 12.2. The molecule has 2 aliphatic heterocycles. The van der Waals surface area contributed by atoms with E-state index in [0.29, 0.717) is 5.92 Å². The Morgan fingerprint density at radius 3 is 2.19 bits per heavy atom. The molecular weight excluding hydrogens is 327 g/mol. The van der Waals surface area contributed by atoms with Crippen molar-refractivity contribution in [2.75, 3.05) is 20.1 Å². The second kappa shape index (κ2) is 7.10. The third kappa shape index (κ3) is 4.63. The molecule has 0 spiro atoms. The molecule has 1 amide bonds. The van der Waals surface area contributed by atoms with E-state index in [1.54, 1.807) is 0 Å². The van der Waals surface area contributed by atoms with Crippen LogP contribution in [0.15, 0.2) is 0 Å². The fraction of sp³-hybridized carbons (Fsp3) is 0.950. The zero-order chi connectivity index (χ0) is 20.0. The number of nitrogens with zero attached hydrogens (tertiary/aromatic N) is 1. The van der Waals surface area contributed by atoms with Gasteiger partial charge >= 0.3 is 7.12 Å². The van der Waals surface area contributed by atoms with Crippen molar-refractivity contribution in [3.05, 3.63) is 0 Å². The summed E-state index contributed by atoms with van der Waals surface area (Å²) in [6.07, 6.45) is 2.90. The lowest BCUT2D eigenvalue weighted by molar-refractivity contribution is -0.133. The number of carbonyl (C=O) groups is 1. The first-order valence-corrected chi connectivity index (χ1v) is 10.0. The van der Waals surface area contributed by atoms with E-state index in [1.807, 2.05) is 20.8 Å². The summed E-state index contributed by atoms with van der Waals surface area (Å²) in [5, 5.41) is 3.19. The van der Waals surface area contributed by atoms with Crippen molar-refractivity contribution < 1.29 is 14.1 Å². The van der Waals surface area contributed by atoms with Gasteiger partial charge in [-0.2, -0.15) is 0 Å². The Morgan fingerprint density at radius 1 is 1.15 bits per heavy atom. The standard InChI is InChI=1S/C20H39BN2O3/c1-17(2,3)22-16(24)20(8)14-23(9)13-15(20)11-10-12-21-25-18(4,5)19(6,7)26-21/h15H,10-14H2,1-9H3,(H,22,24)/t15?,20-/m1/s1. The summed E-state index contributed by atoms with van der Waals surface area (Å²) in [7, 11) is 1.96. The molecule has 2 saturated heterocycles. The Bertz CT molecular complexity index is 514. The first-order chi connectivity index (χ1) is 11.7. The number of hydrogen-bond donors (Lipinski definition) is 1. The third-order valence-electron chi connectivity index (χ3n) is 6.33. The lowest BCUT2D eigenvalue weighted by Crippen LogP contribution is -2.51. The second-order valence-corrected chi connectivity index (χ2v) is 10.6. The molecule has 2 fully saturated rings. The van der Waals surface area contributed by atoms with Crippen molar-refractivity contribution in [3.63, 3.8) is 0 Å². The Hall–Kier alpha value is -0.585. The molecule has 2 atom stereocenters. The van der Waals surface area contributed by atoms with Crippen LogP contribution in [0.2, 0.25) is 6.32 Å². The number of rotatable bonds is 5. The molecule has 0 aromatic carbocycles. The molecule has 0 aromatic rings. The second-order valence-electron chi connectivity index (χ2n) is 10.6. The van der Waals surface area contributed by atoms with E-state index in [1.165, 1.54) is 0 Å². The Morgan fingerprint density at radius 2 is 1.69 bits per heavy atom. The van der Waals surface area contributed by atoms with Crippen LogP contribution in [0, 0.1) is 11.3 Å². The maximum atomic E-state index is 12.9. The van der Waals surface area contributed by atoms with Crippen LogP contribution in [0.3, 0.4) is 0 Å². The van der Waals surface area contributed by atoms with Gasteiger partial charge in [-0.3, -0.25) is 4.79 Å². The van der Waals surface area contributed by atoms with Gasteiger partial charge in [0, 0.05) is 18.6 Å². The minimum absolute atomic E-state index is 0.145. The Kier molecular flexibility index (Phi) is 5.93. The molecule has 0 aromatic heterocycles. The first-order valence-electron chi connectivity index (χ1n) is 10.0. The molecular formula is C20H39BN2O3. The largest absolute Gasteiger partial charge is 0.457 e. The molecule has 1 unspecified atom stereocenters. The van der Waals surface area contributed by atoms with Gasteiger partial charge in [0.15, 0.2) is 0 Å². The Balaban J connectivity index is 1.92. The number of likely N-dealkylation sites (tertiary alicyclic amines) is 1. The number of carbonyl (C=O) groups excluding carboxylic acids is 1. The summed E-state index contributed by atoms with van der Waals surface area (Å²) in [4.78, 5) is 15.2. The highest BCUT2D eigenvalue weighted by Crippen LogP contribution is 2.41. The molecule has 0 radical (unpaired) electrons. The zero-order valence-electron chi connectivity index (χ0n) is 18.4. The fourth-order valence-corrected chi connectivity index (χ4v) is 4.10. The monoisotopic (exact) mass is 366 g/mol. The molecule has 150 valence electrons. The average molecular weight is 366 g/mol. The lowest BCUT2D eigenvalue weighted by atomic mass is 9.73. The van der Waals surface area contributed by atoms with Gasteiger partial charge in [0.1, 0.15) is 0 Å². The molecule has 26 heavy (non-hydrogen) atoms. The summed E-state index contributed by atoms with van der Waals surface area (Å²) >= 11 is 0. The molecule has 2 heterocycles. The van der Waals surface area contributed by atoms with Gasteiger partial charge in [0.2, 0.25) is 5.91 Å². The molecule has 1 N–H and O–H groups in total. The smallest absolute Gasteiger partial charge is 0.403 e. The first kappa shape index (κ1) is 21.7. The van der Waals surface area contributed by atoms with Gasteiger partial charge in [-0.15, -0.1) is 0 Å². The van der Waals surface area contributed by atoms with Crippen LogP contribution in [0.25, 0.3) is 0 Å². The summed E-state index contributed by atoms with van der Waals surface area (Å²) in [5.41, 5.74) is -1.08. The van der Waals surface area contributed by atoms with E-state index in [-0.39, 0.29) is 35.2 Å². The summed E-state index contributed by atoms with van der Waals surface area (Å²) in [5.74, 6) is 0.534. The highest BCUT2D eigenvalue weighted by Gasteiger charge is 2.51. The van der Waals surface area contributed by atoms with Crippen LogP contribution in [0.1, 0.15) is 68.2 Å². The van der Waals surface area contributed by atoms with Crippen LogP contribution in [0.4, 0.5) is 0 Å². The maximum Gasteiger partial charge on any atom is 0.457 e. The molecule has 0 aliphatic carbocycles. The molecule has 2 aliphatic rings. The zero-order valence-corrected chi connectivity index (χ0v) is 18.4. The molecule has 2 rings (SSSR count). The van der Waals surface area contributed by atoms with E-state index in [0.717, 1.165) is 32.3 Å². The van der Waals surface area contributed by atoms with Crippen LogP contribution < -0.4 is 5.32 Å². The average Bonchev–Trinajstić information content (AvgIpc) is 2.81. The topological polar surface area (TPSA) is 50.8 Å². The summed E-state index contributed by atoms with van der Waals surface area (Å²) in [6, 6.07) is 0. The molecule has 0 bridgehead atoms. The van der Waals surface area contributed by atoms with Gasteiger partial charge < -0.3 is 19.5 Å². The molecule has 0 saturated carbocycles. The van der Waals surface area contributed by atoms with Crippen molar-refractivity contribution in [1.82, 2.24) is 10.2 Å². The fourth-order valence-electron chi connectivity index (χ4n) is 4.10. The van der Waals surface area contributed by atoms with Crippen molar-refractivity contribution >= 4 is 13.0 Å². The van der Waals surface area contributed by atoms with Crippen LogP contribution >= 0.6 is 0 Å². The van der Waals surface area contributed by atoms with E-state index >= 15 is 0 Å². The van der Waals surface area contributed by atoms with Crippen LogP contribution in [-0.4, -0.2) is 54.8 Å².